The summed E-state index contributed by atoms with van der Waals surface area (Å²) in [6.07, 6.45) is -7.11. The van der Waals surface area contributed by atoms with Crippen molar-refractivity contribution in [2.45, 2.75) is 25.3 Å². The summed E-state index contributed by atoms with van der Waals surface area (Å²) in [6, 6.07) is 13.9. The zero-order valence-electron chi connectivity index (χ0n) is 21.6. The minimum Gasteiger partial charge on any atom is -0.542 e. The number of likely N-dealkylation sites (tertiary alicyclic amines) is 1. The van der Waals surface area contributed by atoms with Crippen molar-refractivity contribution in [3.8, 4) is 5.69 Å². The number of aromatic nitrogens is 2. The standard InChI is InChI=1S/C21H25N5O.2C2HF3O2/c1-25-10-9-16(13-25)12-23-11-15-5-7-18(8-6-15)26-14-17-3-2-4-19(21(22)27)20(17)24-26;2*3-2(4,5)1(6)7/h2-8,14,16,23H,9-13H2,1H3,(H2,22,27);2*(H,6,7). The molecule has 0 saturated carbocycles. The van der Waals surface area contributed by atoms with Gasteiger partial charge in [-0.2, -0.15) is 31.4 Å². The Labute approximate surface area is 229 Å². The molecule has 1 aliphatic rings. The number of quaternary nitrogens is 2. The summed E-state index contributed by atoms with van der Waals surface area (Å²) < 4.78 is 64.9. The van der Waals surface area contributed by atoms with E-state index in [9.17, 15) is 31.1 Å². The lowest BCUT2D eigenvalue weighted by Crippen LogP contribution is -3.07. The van der Waals surface area contributed by atoms with Gasteiger partial charge < -0.3 is 35.8 Å². The van der Waals surface area contributed by atoms with Gasteiger partial charge in [-0.1, -0.05) is 24.3 Å². The molecule has 2 aromatic carbocycles. The van der Waals surface area contributed by atoms with Gasteiger partial charge in [0, 0.05) is 23.6 Å². The Bertz CT molecular complexity index is 1320. The maximum atomic E-state index is 11.6. The van der Waals surface area contributed by atoms with Gasteiger partial charge in [-0.3, -0.25) is 4.79 Å². The number of alkyl halides is 6. The van der Waals surface area contributed by atoms with Gasteiger partial charge in [0.05, 0.1) is 43.9 Å². The number of nitrogens with two attached hydrogens (primary N) is 2. The molecule has 10 nitrogen and oxygen atoms in total. The smallest absolute Gasteiger partial charge is 0.430 e. The van der Waals surface area contributed by atoms with Crippen LogP contribution in [0.15, 0.2) is 48.7 Å². The summed E-state index contributed by atoms with van der Waals surface area (Å²) in [5, 5.41) is 25.5. The van der Waals surface area contributed by atoms with Gasteiger partial charge in [0.1, 0.15) is 24.0 Å². The predicted octanol–water partition coefficient (Wildman–Crippen LogP) is -1.68. The number of rotatable bonds is 6. The van der Waals surface area contributed by atoms with Crippen LogP contribution in [0.5, 0.6) is 0 Å². The highest BCUT2D eigenvalue weighted by atomic mass is 19.4. The molecule has 0 aliphatic carbocycles. The number of nitrogens with one attached hydrogen (secondary N) is 1. The molecule has 0 bridgehead atoms. The van der Waals surface area contributed by atoms with Crippen LogP contribution in [0.3, 0.4) is 0 Å². The van der Waals surface area contributed by atoms with E-state index in [1.165, 1.54) is 31.6 Å². The first-order valence-corrected chi connectivity index (χ1v) is 12.1. The lowest BCUT2D eigenvalue weighted by molar-refractivity contribution is -0.869. The van der Waals surface area contributed by atoms with Crippen LogP contribution in [0.1, 0.15) is 22.3 Å². The van der Waals surface area contributed by atoms with Crippen LogP contribution < -0.4 is 26.2 Å². The van der Waals surface area contributed by atoms with Gasteiger partial charge in [0.25, 0.3) is 5.91 Å². The Balaban J connectivity index is 0.000000349. The van der Waals surface area contributed by atoms with Gasteiger partial charge >= 0.3 is 12.4 Å². The summed E-state index contributed by atoms with van der Waals surface area (Å²) in [7, 11) is 2.28. The quantitative estimate of drug-likeness (QED) is 0.290. The van der Waals surface area contributed by atoms with Crippen LogP contribution in [0, 0.1) is 5.92 Å². The lowest BCUT2D eigenvalue weighted by atomic mass is 10.1. The Morgan fingerprint density at radius 1 is 1.02 bits per heavy atom. The molecule has 0 spiro atoms. The van der Waals surface area contributed by atoms with Crippen molar-refractivity contribution in [1.82, 2.24) is 9.78 Å². The van der Waals surface area contributed by atoms with E-state index in [-0.39, 0.29) is 0 Å². The zero-order chi connectivity index (χ0) is 31.0. The highest BCUT2D eigenvalue weighted by Gasteiger charge is 2.29. The molecule has 0 radical (unpaired) electrons. The Morgan fingerprint density at radius 2 is 1.59 bits per heavy atom. The van der Waals surface area contributed by atoms with Crippen LogP contribution in [0.25, 0.3) is 16.6 Å². The van der Waals surface area contributed by atoms with E-state index < -0.39 is 30.2 Å². The molecule has 4 rings (SSSR count). The molecule has 1 aliphatic heterocycles. The first-order valence-electron chi connectivity index (χ1n) is 12.1. The van der Waals surface area contributed by atoms with Crippen LogP contribution in [0.4, 0.5) is 26.3 Å². The highest BCUT2D eigenvalue weighted by molar-refractivity contribution is 6.04. The van der Waals surface area contributed by atoms with E-state index in [2.05, 4.69) is 41.7 Å². The van der Waals surface area contributed by atoms with Crippen LogP contribution >= 0.6 is 0 Å². The molecule has 1 amide bonds. The van der Waals surface area contributed by atoms with Gasteiger partial charge in [-0.05, 0) is 18.2 Å². The maximum Gasteiger partial charge on any atom is 0.430 e. The zero-order valence-corrected chi connectivity index (χ0v) is 21.6. The summed E-state index contributed by atoms with van der Waals surface area (Å²) >= 11 is 0. The minimum atomic E-state index is -5.19. The average Bonchev–Trinajstić information content (AvgIpc) is 3.50. The van der Waals surface area contributed by atoms with E-state index in [1.807, 2.05) is 23.0 Å². The number of carboxylic acids is 2. The van der Waals surface area contributed by atoms with Gasteiger partial charge in [0.2, 0.25) is 0 Å². The van der Waals surface area contributed by atoms with E-state index in [0.717, 1.165) is 23.5 Å². The van der Waals surface area contributed by atoms with Crippen molar-refractivity contribution < 1.29 is 61.2 Å². The van der Waals surface area contributed by atoms with Crippen molar-refractivity contribution in [2.24, 2.45) is 11.7 Å². The monoisotopic (exact) mass is 591 g/mol. The molecule has 16 heteroatoms. The molecule has 2 atom stereocenters. The summed E-state index contributed by atoms with van der Waals surface area (Å²) in [6.45, 7) is 4.82. The van der Waals surface area contributed by atoms with Gasteiger partial charge in [-0.15, -0.1) is 0 Å². The number of carbonyl (C=O) groups excluding carboxylic acids is 3. The Kier molecular flexibility index (Phi) is 11.2. The van der Waals surface area contributed by atoms with Crippen molar-refractivity contribution in [1.29, 1.82) is 0 Å². The summed E-state index contributed by atoms with van der Waals surface area (Å²) in [5.74, 6) is -5.62. The van der Waals surface area contributed by atoms with Crippen molar-refractivity contribution >= 4 is 28.7 Å². The number of primary amides is 1. The fourth-order valence-corrected chi connectivity index (χ4v) is 4.00. The lowest BCUT2D eigenvalue weighted by Gasteiger charge is -2.08. The average molecular weight is 592 g/mol. The van der Waals surface area contributed by atoms with E-state index in [0.29, 0.717) is 11.1 Å². The minimum absolute atomic E-state index is 0.452. The second kappa shape index (κ2) is 13.9. The van der Waals surface area contributed by atoms with Gasteiger partial charge in [-0.25, -0.2) is 4.68 Å². The van der Waals surface area contributed by atoms with Crippen molar-refractivity contribution in [3.63, 3.8) is 0 Å². The second-order valence-electron chi connectivity index (χ2n) is 9.21. The highest BCUT2D eigenvalue weighted by Crippen LogP contribution is 2.19. The number of amides is 1. The predicted molar refractivity (Wildman–Crippen MR) is 127 cm³/mol. The summed E-state index contributed by atoms with van der Waals surface area (Å²) in [5.41, 5.74) is 8.84. The maximum absolute atomic E-state index is 11.6. The number of carbonyl (C=O) groups is 3. The van der Waals surface area contributed by atoms with E-state index >= 15 is 0 Å². The number of hydrogen-bond acceptors (Lipinski definition) is 6. The van der Waals surface area contributed by atoms with Gasteiger partial charge in [0.15, 0.2) is 0 Å². The molecule has 2 unspecified atom stereocenters. The molecule has 1 saturated heterocycles. The number of hydrogen-bond donors (Lipinski definition) is 3. The molecule has 1 aromatic heterocycles. The summed E-state index contributed by atoms with van der Waals surface area (Å²) in [4.78, 5) is 30.8. The third-order valence-electron chi connectivity index (χ3n) is 5.96. The Morgan fingerprint density at radius 3 is 2.05 bits per heavy atom. The number of carboxylic acid groups (broad SMARTS) is 2. The third kappa shape index (κ3) is 10.4. The van der Waals surface area contributed by atoms with E-state index in [4.69, 9.17) is 25.5 Å². The molecule has 1 fully saturated rings. The Hall–Kier alpha value is -4.18. The fraction of sp³-hybridized carbons (Fsp3) is 0.360. The first-order chi connectivity index (χ1) is 19.0. The fourth-order valence-electron chi connectivity index (χ4n) is 4.00. The van der Waals surface area contributed by atoms with Crippen LogP contribution in [-0.4, -0.2) is 66.7 Å². The molecule has 5 N–H and O–H groups in total. The normalized spacial score (nSPS) is 16.8. The molecule has 3 aromatic rings. The number of benzene rings is 2. The second-order valence-corrected chi connectivity index (χ2v) is 9.21. The molecular weight excluding hydrogens is 564 g/mol. The molecular formula is C25H27F6N5O5. The largest absolute Gasteiger partial charge is 0.542 e. The SMILES string of the molecule is C[NH+]1CCC(C[NH2+]Cc2ccc(-n3cc4cccc(C(N)=O)c4n3)cc2)C1.O=C([O-])C(F)(F)F.O=C([O-])C(F)(F)F. The topological polar surface area (TPSA) is 162 Å². The number of fused-ring (bicyclic) bond motifs is 1. The molecule has 224 valence electrons. The number of halogens is 6. The first kappa shape index (κ1) is 33.0. The van der Waals surface area contributed by atoms with Crippen LogP contribution in [0.2, 0.25) is 0 Å². The molecule has 2 heterocycles. The number of aliphatic carboxylic acids is 2. The van der Waals surface area contributed by atoms with Crippen molar-refractivity contribution in [3.05, 3.63) is 59.8 Å². The molecule has 41 heavy (non-hydrogen) atoms. The van der Waals surface area contributed by atoms with Crippen molar-refractivity contribution in [2.75, 3.05) is 26.7 Å². The van der Waals surface area contributed by atoms with Crippen LogP contribution in [-0.2, 0) is 16.1 Å². The number of nitrogens with zero attached hydrogens (tertiary/aromatic N) is 2. The third-order valence-corrected chi connectivity index (χ3v) is 5.96. The van der Waals surface area contributed by atoms with E-state index in [1.54, 1.807) is 11.0 Å².